The van der Waals surface area contributed by atoms with Gasteiger partial charge < -0.3 is 5.11 Å². The molecule has 1 amide bonds. The van der Waals surface area contributed by atoms with E-state index < -0.39 is 17.6 Å². The number of benzene rings is 2. The number of piperazine rings is 1. The molecule has 1 fully saturated rings. The molecule has 0 saturated carbocycles. The van der Waals surface area contributed by atoms with Crippen molar-refractivity contribution in [1.29, 1.82) is 0 Å². The van der Waals surface area contributed by atoms with Gasteiger partial charge in [-0.2, -0.15) is 18.3 Å². The number of phenolic OH excluding ortho intramolecular Hbond substituents is 1. The number of carbonyl (C=O) groups is 1. The van der Waals surface area contributed by atoms with Gasteiger partial charge >= 0.3 is 6.18 Å². The monoisotopic (exact) mass is 480 g/mol. The van der Waals surface area contributed by atoms with Crippen LogP contribution in [-0.4, -0.2) is 59.8 Å². The molecule has 0 bridgehead atoms. The van der Waals surface area contributed by atoms with Gasteiger partial charge in [-0.3, -0.25) is 14.6 Å². The number of phenols is 1. The first kappa shape index (κ1) is 25.6. The van der Waals surface area contributed by atoms with Crippen LogP contribution in [0.25, 0.3) is 0 Å². The molecule has 0 aliphatic carbocycles. The number of hydrazone groups is 1. The Morgan fingerprint density at radius 2 is 1.76 bits per heavy atom. The van der Waals surface area contributed by atoms with Gasteiger partial charge in [0.1, 0.15) is 11.6 Å². The predicted octanol–water partition coefficient (Wildman–Crippen LogP) is 3.77. The summed E-state index contributed by atoms with van der Waals surface area (Å²) >= 11 is 0. The summed E-state index contributed by atoms with van der Waals surface area (Å²) in [6, 6.07) is 7.59. The number of amides is 1. The minimum Gasteiger partial charge on any atom is -0.507 e. The molecular weight excluding hydrogens is 452 g/mol. The van der Waals surface area contributed by atoms with Crippen LogP contribution in [-0.2, 0) is 23.9 Å². The zero-order chi connectivity index (χ0) is 24.7. The summed E-state index contributed by atoms with van der Waals surface area (Å²) in [5.74, 6) is -0.870. The van der Waals surface area contributed by atoms with Crippen LogP contribution in [0.1, 0.15) is 35.6 Å². The minimum atomic E-state index is -4.34. The van der Waals surface area contributed by atoms with Crippen LogP contribution in [0.15, 0.2) is 41.5 Å². The molecule has 1 aliphatic rings. The zero-order valence-electron chi connectivity index (χ0n) is 18.9. The average Bonchev–Trinajstić information content (AvgIpc) is 2.78. The Balaban J connectivity index is 1.43. The van der Waals surface area contributed by atoms with Gasteiger partial charge in [0, 0.05) is 38.3 Å². The maximum absolute atomic E-state index is 13.7. The highest BCUT2D eigenvalue weighted by Gasteiger charge is 2.30. The van der Waals surface area contributed by atoms with Crippen molar-refractivity contribution in [3.8, 4) is 5.75 Å². The third-order valence-electron chi connectivity index (χ3n) is 5.61. The van der Waals surface area contributed by atoms with E-state index in [1.54, 1.807) is 0 Å². The minimum absolute atomic E-state index is 0.0505. The maximum atomic E-state index is 13.7. The third kappa shape index (κ3) is 7.26. The maximum Gasteiger partial charge on any atom is 0.416 e. The van der Waals surface area contributed by atoms with Gasteiger partial charge in [0.25, 0.3) is 5.91 Å². The molecule has 3 rings (SSSR count). The largest absolute Gasteiger partial charge is 0.507 e. The van der Waals surface area contributed by atoms with Crippen LogP contribution in [0.5, 0.6) is 5.75 Å². The highest BCUT2D eigenvalue weighted by molar-refractivity contribution is 5.86. The number of halogens is 4. The number of alkyl halides is 3. The summed E-state index contributed by atoms with van der Waals surface area (Å²) in [5, 5.41) is 14.1. The number of rotatable bonds is 8. The van der Waals surface area contributed by atoms with Crippen LogP contribution < -0.4 is 5.43 Å². The molecule has 1 saturated heterocycles. The molecular formula is C24H28F4N4O2. The summed E-state index contributed by atoms with van der Waals surface area (Å²) in [5.41, 5.74) is 3.22. The topological polar surface area (TPSA) is 68.2 Å². The molecule has 184 valence electrons. The van der Waals surface area contributed by atoms with E-state index in [0.29, 0.717) is 44.7 Å². The van der Waals surface area contributed by atoms with Gasteiger partial charge in [0.15, 0.2) is 0 Å². The highest BCUT2D eigenvalue weighted by Crippen LogP contribution is 2.29. The van der Waals surface area contributed by atoms with Crippen LogP contribution in [0.2, 0.25) is 0 Å². The zero-order valence-corrected chi connectivity index (χ0v) is 18.9. The van der Waals surface area contributed by atoms with Crippen molar-refractivity contribution >= 4 is 12.1 Å². The summed E-state index contributed by atoms with van der Waals surface area (Å²) in [7, 11) is 0. The number of carbonyl (C=O) groups excluding carboxylic acids is 1. The van der Waals surface area contributed by atoms with Gasteiger partial charge in [-0.25, -0.2) is 9.82 Å². The molecule has 2 aromatic rings. The Bertz CT molecular complexity index is 1000. The molecule has 2 N–H and O–H groups in total. The van der Waals surface area contributed by atoms with E-state index in [9.17, 15) is 27.5 Å². The fourth-order valence-corrected chi connectivity index (χ4v) is 3.81. The molecule has 0 radical (unpaired) electrons. The van der Waals surface area contributed by atoms with E-state index in [0.717, 1.165) is 30.2 Å². The second-order valence-electron chi connectivity index (χ2n) is 8.29. The van der Waals surface area contributed by atoms with Crippen molar-refractivity contribution in [3.63, 3.8) is 0 Å². The second-order valence-corrected chi connectivity index (χ2v) is 8.29. The fraction of sp³-hybridized carbons (Fsp3) is 0.417. The molecule has 0 aromatic heterocycles. The number of nitrogens with zero attached hydrogens (tertiary/aromatic N) is 3. The average molecular weight is 481 g/mol. The summed E-state index contributed by atoms with van der Waals surface area (Å²) in [6.07, 6.45) is -1.84. The van der Waals surface area contributed by atoms with Crippen LogP contribution in [0.3, 0.4) is 0 Å². The normalized spacial score (nSPS) is 15.7. The molecule has 2 aromatic carbocycles. The first-order chi connectivity index (χ1) is 16.2. The lowest BCUT2D eigenvalue weighted by Crippen LogP contribution is -2.48. The smallest absolute Gasteiger partial charge is 0.416 e. The lowest BCUT2D eigenvalue weighted by Gasteiger charge is -2.34. The number of aromatic hydroxyl groups is 1. The quantitative estimate of drug-likeness (QED) is 0.343. The van der Waals surface area contributed by atoms with Gasteiger partial charge in [0.2, 0.25) is 0 Å². The van der Waals surface area contributed by atoms with Crippen molar-refractivity contribution in [2.75, 3.05) is 32.7 Å². The van der Waals surface area contributed by atoms with E-state index in [-0.39, 0.29) is 23.8 Å². The number of hydrogen-bond donors (Lipinski definition) is 2. The molecule has 1 aliphatic heterocycles. The number of nitrogens with one attached hydrogen (secondary N) is 1. The van der Waals surface area contributed by atoms with Gasteiger partial charge in [0.05, 0.1) is 18.3 Å². The van der Waals surface area contributed by atoms with Crippen LogP contribution >= 0.6 is 0 Å². The van der Waals surface area contributed by atoms with E-state index in [1.165, 1.54) is 24.4 Å². The molecule has 10 heteroatoms. The Morgan fingerprint density at radius 3 is 2.38 bits per heavy atom. The van der Waals surface area contributed by atoms with Gasteiger partial charge in [-0.1, -0.05) is 25.5 Å². The summed E-state index contributed by atoms with van der Waals surface area (Å²) in [6.45, 7) is 5.20. The van der Waals surface area contributed by atoms with Crippen LogP contribution in [0.4, 0.5) is 17.6 Å². The SMILES string of the molecule is CCCc1cc(F)cc(/C=N/NC(=O)CN2CCN(Cc3ccc(C(F)(F)F)cc3)CC2)c1O. The van der Waals surface area contributed by atoms with Gasteiger partial charge in [-0.05, 0) is 41.8 Å². The van der Waals surface area contributed by atoms with Crippen molar-refractivity contribution in [2.45, 2.75) is 32.5 Å². The summed E-state index contributed by atoms with van der Waals surface area (Å²) < 4.78 is 51.8. The van der Waals surface area contributed by atoms with E-state index in [2.05, 4.69) is 15.4 Å². The Morgan fingerprint density at radius 1 is 1.12 bits per heavy atom. The van der Waals surface area contributed by atoms with Gasteiger partial charge in [-0.15, -0.1) is 0 Å². The van der Waals surface area contributed by atoms with Crippen molar-refractivity contribution in [1.82, 2.24) is 15.2 Å². The lowest BCUT2D eigenvalue weighted by molar-refractivity contribution is -0.137. The van der Waals surface area contributed by atoms with E-state index in [1.807, 2.05) is 11.8 Å². The number of aryl methyl sites for hydroxylation is 1. The first-order valence-corrected chi connectivity index (χ1v) is 11.1. The predicted molar refractivity (Wildman–Crippen MR) is 121 cm³/mol. The Kier molecular flexibility index (Phi) is 8.62. The molecule has 0 spiro atoms. The van der Waals surface area contributed by atoms with E-state index in [4.69, 9.17) is 0 Å². The van der Waals surface area contributed by atoms with Crippen molar-refractivity contribution in [2.24, 2.45) is 5.10 Å². The summed E-state index contributed by atoms with van der Waals surface area (Å²) in [4.78, 5) is 16.3. The van der Waals surface area contributed by atoms with Crippen molar-refractivity contribution in [3.05, 3.63) is 64.5 Å². The Hall–Kier alpha value is -2.98. The standard InChI is InChI=1S/C24H28F4N4O2/c1-2-3-18-12-21(25)13-19(23(18)34)14-29-30-22(33)16-32-10-8-31(9-11-32)15-17-4-6-20(7-5-17)24(26,27)28/h4-7,12-14,34H,2-3,8-11,15-16H2,1H3,(H,30,33)/b29-14+. The molecule has 1 heterocycles. The molecule has 34 heavy (non-hydrogen) atoms. The lowest BCUT2D eigenvalue weighted by atomic mass is 10.1. The van der Waals surface area contributed by atoms with Crippen LogP contribution in [0, 0.1) is 5.82 Å². The highest BCUT2D eigenvalue weighted by atomic mass is 19.4. The third-order valence-corrected chi connectivity index (χ3v) is 5.61. The molecule has 0 atom stereocenters. The number of hydrogen-bond acceptors (Lipinski definition) is 5. The molecule has 0 unspecified atom stereocenters. The second kappa shape index (κ2) is 11.4. The fourth-order valence-electron chi connectivity index (χ4n) is 3.81. The van der Waals surface area contributed by atoms with E-state index >= 15 is 0 Å². The van der Waals surface area contributed by atoms with Crippen molar-refractivity contribution < 1.29 is 27.5 Å². The first-order valence-electron chi connectivity index (χ1n) is 11.1. The molecule has 6 nitrogen and oxygen atoms in total. The Labute approximate surface area is 195 Å².